The number of benzene rings is 3. The molecule has 0 unspecified atom stereocenters. The number of halogens is 2. The summed E-state index contributed by atoms with van der Waals surface area (Å²) in [6.07, 6.45) is 1.29. The molecule has 1 heterocycles. The third-order valence-electron chi connectivity index (χ3n) is 5.31. The maximum absolute atomic E-state index is 13.0. The molecule has 1 saturated heterocycles. The number of anilines is 1. The molecule has 0 atom stereocenters. The van der Waals surface area contributed by atoms with Gasteiger partial charge in [0.25, 0.3) is 11.8 Å². The second-order valence-corrected chi connectivity index (χ2v) is 8.71. The smallest absolute Gasteiger partial charge is 0.335 e. The summed E-state index contributed by atoms with van der Waals surface area (Å²) in [7, 11) is 0. The molecule has 1 fully saturated rings. The fourth-order valence-corrected chi connectivity index (χ4v) is 4.07. The number of barbiturate groups is 1. The first-order valence-electron chi connectivity index (χ1n) is 10.6. The number of carbonyl (C=O) groups is 4. The molecule has 10 heteroatoms. The monoisotopic (exact) mass is 524 g/mol. The maximum atomic E-state index is 13.0. The number of nitrogens with zero attached hydrogens (tertiary/aromatic N) is 1. The Labute approximate surface area is 215 Å². The largest absolute Gasteiger partial charge is 0.486 e. The Morgan fingerprint density at radius 2 is 1.61 bits per heavy atom. The van der Waals surface area contributed by atoms with Crippen molar-refractivity contribution in [2.24, 2.45) is 0 Å². The fraction of sp³-hybridized carbons (Fsp3) is 0.0769. The van der Waals surface area contributed by atoms with E-state index in [1.807, 2.05) is 6.92 Å². The van der Waals surface area contributed by atoms with Gasteiger partial charge >= 0.3 is 12.0 Å². The number of aromatic carboxylic acids is 1. The minimum Gasteiger partial charge on any atom is -0.486 e. The van der Waals surface area contributed by atoms with Crippen molar-refractivity contribution in [2.45, 2.75) is 13.5 Å². The van der Waals surface area contributed by atoms with E-state index in [2.05, 4.69) is 5.32 Å². The van der Waals surface area contributed by atoms with E-state index in [0.717, 1.165) is 10.5 Å². The van der Waals surface area contributed by atoms with Crippen LogP contribution in [0.3, 0.4) is 0 Å². The highest BCUT2D eigenvalue weighted by Gasteiger charge is 2.36. The number of aryl methyl sites for hydroxylation is 1. The zero-order valence-electron chi connectivity index (χ0n) is 18.7. The SMILES string of the molecule is Cc1ccc(N2C(=O)NC(=O)/C(=C/c3cc(Cl)c(OCc4ccc(C(=O)O)cc4)c(Cl)c3)C2=O)cc1. The Morgan fingerprint density at radius 3 is 2.19 bits per heavy atom. The Hall–Kier alpha value is -4.14. The van der Waals surface area contributed by atoms with Crippen LogP contribution in [0.5, 0.6) is 5.75 Å². The van der Waals surface area contributed by atoms with Gasteiger partial charge in [0.2, 0.25) is 0 Å². The average molecular weight is 525 g/mol. The Kier molecular flexibility index (Phi) is 7.10. The molecule has 0 bridgehead atoms. The molecular weight excluding hydrogens is 507 g/mol. The highest BCUT2D eigenvalue weighted by molar-refractivity contribution is 6.40. The second kappa shape index (κ2) is 10.2. The predicted molar refractivity (Wildman–Crippen MR) is 134 cm³/mol. The van der Waals surface area contributed by atoms with Crippen molar-refractivity contribution in [3.8, 4) is 5.75 Å². The van der Waals surface area contributed by atoms with Gasteiger partial charge in [-0.15, -0.1) is 0 Å². The van der Waals surface area contributed by atoms with Gasteiger partial charge in [-0.3, -0.25) is 14.9 Å². The number of amides is 4. The zero-order valence-corrected chi connectivity index (χ0v) is 20.3. The Morgan fingerprint density at radius 1 is 1.00 bits per heavy atom. The van der Waals surface area contributed by atoms with Crippen molar-refractivity contribution < 1.29 is 29.0 Å². The first-order chi connectivity index (χ1) is 17.1. The van der Waals surface area contributed by atoms with E-state index in [4.69, 9.17) is 33.0 Å². The first-order valence-corrected chi connectivity index (χ1v) is 11.3. The van der Waals surface area contributed by atoms with Crippen molar-refractivity contribution in [1.82, 2.24) is 5.32 Å². The van der Waals surface area contributed by atoms with Crippen LogP contribution in [0.1, 0.15) is 27.0 Å². The quantitative estimate of drug-likeness (QED) is 0.336. The number of hydrogen-bond acceptors (Lipinski definition) is 5. The van der Waals surface area contributed by atoms with Crippen molar-refractivity contribution in [3.05, 3.63) is 98.5 Å². The van der Waals surface area contributed by atoms with Gasteiger partial charge in [-0.2, -0.15) is 0 Å². The average Bonchev–Trinajstić information content (AvgIpc) is 2.82. The van der Waals surface area contributed by atoms with E-state index in [0.29, 0.717) is 16.8 Å². The summed E-state index contributed by atoms with van der Waals surface area (Å²) in [5.41, 5.74) is 2.19. The lowest BCUT2D eigenvalue weighted by atomic mass is 10.1. The highest BCUT2D eigenvalue weighted by atomic mass is 35.5. The lowest BCUT2D eigenvalue weighted by Gasteiger charge is -2.26. The first kappa shape index (κ1) is 25.0. The van der Waals surface area contributed by atoms with Crippen LogP contribution in [0.25, 0.3) is 6.08 Å². The van der Waals surface area contributed by atoms with Gasteiger partial charge in [0.05, 0.1) is 21.3 Å². The van der Waals surface area contributed by atoms with Crippen LogP contribution < -0.4 is 15.0 Å². The summed E-state index contributed by atoms with van der Waals surface area (Å²) in [5, 5.41) is 11.4. The van der Waals surface area contributed by atoms with Gasteiger partial charge in [0.1, 0.15) is 12.2 Å². The summed E-state index contributed by atoms with van der Waals surface area (Å²) in [6, 6.07) is 14.9. The third kappa shape index (κ3) is 5.25. The second-order valence-electron chi connectivity index (χ2n) is 7.90. The van der Waals surface area contributed by atoms with Gasteiger partial charge in [0.15, 0.2) is 5.75 Å². The van der Waals surface area contributed by atoms with Crippen LogP contribution in [0.4, 0.5) is 10.5 Å². The summed E-state index contributed by atoms with van der Waals surface area (Å²) < 4.78 is 5.71. The predicted octanol–water partition coefficient (Wildman–Crippen LogP) is 5.25. The van der Waals surface area contributed by atoms with Gasteiger partial charge in [0, 0.05) is 0 Å². The number of hydrogen-bond donors (Lipinski definition) is 2. The normalized spacial score (nSPS) is 14.7. The van der Waals surface area contributed by atoms with Crippen LogP contribution in [-0.2, 0) is 16.2 Å². The highest BCUT2D eigenvalue weighted by Crippen LogP contribution is 2.36. The molecule has 2 N–H and O–H groups in total. The van der Waals surface area contributed by atoms with Crippen molar-refractivity contribution >= 4 is 58.8 Å². The number of nitrogens with one attached hydrogen (secondary N) is 1. The lowest BCUT2D eigenvalue weighted by molar-refractivity contribution is -0.122. The van der Waals surface area contributed by atoms with Crippen molar-refractivity contribution in [2.75, 3.05) is 4.90 Å². The zero-order chi connectivity index (χ0) is 26.0. The van der Waals surface area contributed by atoms with E-state index in [9.17, 15) is 19.2 Å². The van der Waals surface area contributed by atoms with Crippen LogP contribution in [0, 0.1) is 6.92 Å². The molecule has 4 amide bonds. The summed E-state index contributed by atoms with van der Waals surface area (Å²) in [5.74, 6) is -2.48. The molecular formula is C26H18Cl2N2O6. The van der Waals surface area contributed by atoms with Crippen LogP contribution >= 0.6 is 23.2 Å². The summed E-state index contributed by atoms with van der Waals surface area (Å²) in [6.45, 7) is 1.95. The minimum absolute atomic E-state index is 0.0777. The number of carboxylic acid groups (broad SMARTS) is 1. The fourth-order valence-electron chi connectivity index (χ4n) is 3.45. The Balaban J connectivity index is 1.57. The number of urea groups is 1. The van der Waals surface area contributed by atoms with Gasteiger partial charge in [-0.05, 0) is 60.5 Å². The van der Waals surface area contributed by atoms with E-state index in [-0.39, 0.29) is 33.5 Å². The standard InChI is InChI=1S/C26H18Cl2N2O6/c1-14-2-8-18(9-3-14)30-24(32)19(23(31)29-26(30)35)10-16-11-20(27)22(21(28)12-16)36-13-15-4-6-17(7-5-15)25(33)34/h2-12H,13H2,1H3,(H,33,34)(H,29,31,35)/b19-10-. The van der Waals surface area contributed by atoms with E-state index < -0.39 is 23.8 Å². The number of carboxylic acids is 1. The van der Waals surface area contributed by atoms with Crippen LogP contribution in [0.2, 0.25) is 10.0 Å². The molecule has 3 aromatic carbocycles. The molecule has 4 rings (SSSR count). The lowest BCUT2D eigenvalue weighted by Crippen LogP contribution is -2.54. The maximum Gasteiger partial charge on any atom is 0.335 e. The molecule has 0 spiro atoms. The molecule has 8 nitrogen and oxygen atoms in total. The summed E-state index contributed by atoms with van der Waals surface area (Å²) in [4.78, 5) is 49.7. The Bertz CT molecular complexity index is 1390. The van der Waals surface area contributed by atoms with E-state index in [1.54, 1.807) is 36.4 Å². The molecule has 0 aromatic heterocycles. The molecule has 1 aliphatic rings. The van der Waals surface area contributed by atoms with Crippen LogP contribution in [0.15, 0.2) is 66.2 Å². The number of carbonyl (C=O) groups excluding carboxylic acids is 3. The molecule has 0 radical (unpaired) electrons. The van der Waals surface area contributed by atoms with Crippen molar-refractivity contribution in [1.29, 1.82) is 0 Å². The molecule has 182 valence electrons. The number of imide groups is 2. The molecule has 0 aliphatic carbocycles. The number of ether oxygens (including phenoxy) is 1. The minimum atomic E-state index is -1.03. The topological polar surface area (TPSA) is 113 Å². The molecule has 3 aromatic rings. The molecule has 1 aliphatic heterocycles. The van der Waals surface area contributed by atoms with Crippen LogP contribution in [-0.4, -0.2) is 28.9 Å². The number of rotatable bonds is 6. The molecule has 0 saturated carbocycles. The van der Waals surface area contributed by atoms with Gasteiger partial charge in [-0.1, -0.05) is 53.0 Å². The summed E-state index contributed by atoms with van der Waals surface area (Å²) >= 11 is 12.7. The van der Waals surface area contributed by atoms with E-state index in [1.165, 1.54) is 30.3 Å². The van der Waals surface area contributed by atoms with Gasteiger partial charge < -0.3 is 9.84 Å². The van der Waals surface area contributed by atoms with Gasteiger partial charge in [-0.25, -0.2) is 14.5 Å². The third-order valence-corrected chi connectivity index (χ3v) is 5.87. The molecule has 36 heavy (non-hydrogen) atoms. The van der Waals surface area contributed by atoms with Crippen molar-refractivity contribution in [3.63, 3.8) is 0 Å². The van der Waals surface area contributed by atoms with E-state index >= 15 is 0 Å².